The number of halogens is 1. The molecule has 62 valence electrons. The van der Waals surface area contributed by atoms with E-state index in [-0.39, 0.29) is 0 Å². The van der Waals surface area contributed by atoms with Gasteiger partial charge in [0.2, 0.25) is 0 Å². The lowest BCUT2D eigenvalue weighted by atomic mass is 9.90. The quantitative estimate of drug-likeness (QED) is 0.554. The molecule has 0 radical (unpaired) electrons. The summed E-state index contributed by atoms with van der Waals surface area (Å²) in [7, 11) is 0. The molecule has 0 N–H and O–H groups in total. The minimum atomic E-state index is 0.370. The molecule has 0 spiro atoms. The normalized spacial score (nSPS) is 20.1. The van der Waals surface area contributed by atoms with Crippen LogP contribution >= 0.6 is 11.6 Å². The van der Waals surface area contributed by atoms with Gasteiger partial charge in [0.1, 0.15) is 0 Å². The average molecular weight is 163 g/mol. The number of hydrogen-bond donors (Lipinski definition) is 0. The molecule has 3 unspecified atom stereocenters. The van der Waals surface area contributed by atoms with Crippen molar-refractivity contribution in [3.8, 4) is 0 Å². The highest BCUT2D eigenvalue weighted by Crippen LogP contribution is 2.23. The molecule has 3 atom stereocenters. The third kappa shape index (κ3) is 2.92. The van der Waals surface area contributed by atoms with Crippen LogP contribution < -0.4 is 0 Å². The second-order valence-corrected chi connectivity index (χ2v) is 3.73. The Bertz CT molecular complexity index is 70.8. The minimum Gasteiger partial charge on any atom is -0.123 e. The van der Waals surface area contributed by atoms with Crippen molar-refractivity contribution in [1.29, 1.82) is 0 Å². The van der Waals surface area contributed by atoms with E-state index in [0.29, 0.717) is 11.3 Å². The van der Waals surface area contributed by atoms with Crippen LogP contribution in [0, 0.1) is 11.8 Å². The van der Waals surface area contributed by atoms with Gasteiger partial charge in [0.15, 0.2) is 0 Å². The molecule has 0 rings (SSSR count). The summed E-state index contributed by atoms with van der Waals surface area (Å²) in [5.41, 5.74) is 0. The van der Waals surface area contributed by atoms with Gasteiger partial charge in [-0.25, -0.2) is 0 Å². The van der Waals surface area contributed by atoms with E-state index in [0.717, 1.165) is 12.3 Å². The predicted molar refractivity (Wildman–Crippen MR) is 48.6 cm³/mol. The number of hydrogen-bond acceptors (Lipinski definition) is 0. The Balaban J connectivity index is 3.69. The van der Waals surface area contributed by atoms with Gasteiger partial charge in [0.25, 0.3) is 0 Å². The molecule has 0 saturated carbocycles. The van der Waals surface area contributed by atoms with Crippen LogP contribution in [0.25, 0.3) is 0 Å². The highest BCUT2D eigenvalue weighted by Gasteiger charge is 2.17. The van der Waals surface area contributed by atoms with Crippen molar-refractivity contribution in [2.24, 2.45) is 11.8 Å². The zero-order chi connectivity index (χ0) is 8.15. The van der Waals surface area contributed by atoms with E-state index in [4.69, 9.17) is 11.6 Å². The van der Waals surface area contributed by atoms with Crippen molar-refractivity contribution in [2.45, 2.75) is 45.9 Å². The van der Waals surface area contributed by atoms with Gasteiger partial charge in [-0.3, -0.25) is 0 Å². The van der Waals surface area contributed by atoms with Crippen LogP contribution in [0.2, 0.25) is 0 Å². The Morgan fingerprint density at radius 1 is 1.10 bits per heavy atom. The molecule has 0 bridgehead atoms. The lowest BCUT2D eigenvalue weighted by Gasteiger charge is -2.22. The van der Waals surface area contributed by atoms with Gasteiger partial charge in [0.05, 0.1) is 0 Å². The van der Waals surface area contributed by atoms with Gasteiger partial charge in [-0.2, -0.15) is 0 Å². The highest BCUT2D eigenvalue weighted by atomic mass is 35.5. The van der Waals surface area contributed by atoms with Crippen LogP contribution in [0.5, 0.6) is 0 Å². The second-order valence-electron chi connectivity index (χ2n) is 3.17. The second kappa shape index (κ2) is 5.01. The molecule has 0 aliphatic carbocycles. The Kier molecular flexibility index (Phi) is 5.15. The van der Waals surface area contributed by atoms with Crippen molar-refractivity contribution < 1.29 is 0 Å². The third-order valence-corrected chi connectivity index (χ3v) is 3.21. The standard InChI is InChI=1S/C9H19Cl/c1-5-7(3)8(4)9(10)6-2/h7-9H,5-6H2,1-4H3. The summed E-state index contributed by atoms with van der Waals surface area (Å²) in [5.74, 6) is 1.43. The Morgan fingerprint density at radius 2 is 1.60 bits per heavy atom. The molecule has 0 aromatic heterocycles. The lowest BCUT2D eigenvalue weighted by Crippen LogP contribution is -2.17. The topological polar surface area (TPSA) is 0 Å². The predicted octanol–water partition coefficient (Wildman–Crippen LogP) is 3.69. The molecule has 0 aliphatic heterocycles. The lowest BCUT2D eigenvalue weighted by molar-refractivity contribution is 0.358. The van der Waals surface area contributed by atoms with Crippen LogP contribution in [-0.2, 0) is 0 Å². The van der Waals surface area contributed by atoms with Crippen LogP contribution in [0.4, 0.5) is 0 Å². The van der Waals surface area contributed by atoms with Gasteiger partial charge in [0, 0.05) is 5.38 Å². The van der Waals surface area contributed by atoms with Crippen LogP contribution in [0.3, 0.4) is 0 Å². The van der Waals surface area contributed by atoms with Crippen LogP contribution in [0.1, 0.15) is 40.5 Å². The minimum absolute atomic E-state index is 0.370. The summed E-state index contributed by atoms with van der Waals surface area (Å²) in [6, 6.07) is 0. The molecule has 0 saturated heterocycles. The zero-order valence-corrected chi connectivity index (χ0v) is 8.28. The monoisotopic (exact) mass is 162 g/mol. The van der Waals surface area contributed by atoms with Gasteiger partial charge in [-0.1, -0.05) is 34.1 Å². The van der Waals surface area contributed by atoms with E-state index >= 15 is 0 Å². The van der Waals surface area contributed by atoms with E-state index < -0.39 is 0 Å². The van der Waals surface area contributed by atoms with Gasteiger partial charge in [-0.15, -0.1) is 11.6 Å². The maximum Gasteiger partial charge on any atom is 0.0361 e. The summed E-state index contributed by atoms with van der Waals surface area (Å²) in [5, 5.41) is 0.370. The molecule has 0 aromatic carbocycles. The molecule has 10 heavy (non-hydrogen) atoms. The zero-order valence-electron chi connectivity index (χ0n) is 7.52. The van der Waals surface area contributed by atoms with Crippen LogP contribution in [-0.4, -0.2) is 5.38 Å². The molecule has 0 aromatic rings. The van der Waals surface area contributed by atoms with E-state index in [9.17, 15) is 0 Å². The molecular weight excluding hydrogens is 144 g/mol. The fraction of sp³-hybridized carbons (Fsp3) is 1.00. The maximum atomic E-state index is 6.09. The Hall–Kier alpha value is 0.290. The number of alkyl halides is 1. The molecule has 1 heteroatoms. The van der Waals surface area contributed by atoms with E-state index in [2.05, 4.69) is 27.7 Å². The average Bonchev–Trinajstić information content (AvgIpc) is 2.00. The summed E-state index contributed by atoms with van der Waals surface area (Å²) < 4.78 is 0. The smallest absolute Gasteiger partial charge is 0.0361 e. The molecule has 0 fully saturated rings. The van der Waals surface area contributed by atoms with Crippen molar-refractivity contribution in [2.75, 3.05) is 0 Å². The van der Waals surface area contributed by atoms with E-state index in [1.165, 1.54) is 6.42 Å². The van der Waals surface area contributed by atoms with Crippen molar-refractivity contribution in [3.05, 3.63) is 0 Å². The first-order valence-corrected chi connectivity index (χ1v) is 4.71. The fourth-order valence-electron chi connectivity index (χ4n) is 1.10. The summed E-state index contributed by atoms with van der Waals surface area (Å²) in [6.45, 7) is 8.89. The largest absolute Gasteiger partial charge is 0.123 e. The molecule has 0 nitrogen and oxygen atoms in total. The van der Waals surface area contributed by atoms with Gasteiger partial charge in [-0.05, 0) is 18.3 Å². The SMILES string of the molecule is CCC(C)C(C)C(Cl)CC. The van der Waals surface area contributed by atoms with Crippen molar-refractivity contribution in [3.63, 3.8) is 0 Å². The van der Waals surface area contributed by atoms with E-state index in [1.807, 2.05) is 0 Å². The molecular formula is C9H19Cl. The van der Waals surface area contributed by atoms with Crippen LogP contribution in [0.15, 0.2) is 0 Å². The Labute approximate surface area is 70.0 Å². The van der Waals surface area contributed by atoms with Gasteiger partial charge >= 0.3 is 0 Å². The van der Waals surface area contributed by atoms with Gasteiger partial charge < -0.3 is 0 Å². The third-order valence-electron chi connectivity index (χ3n) is 2.50. The maximum absolute atomic E-state index is 6.09. The molecule has 0 heterocycles. The van der Waals surface area contributed by atoms with Crippen molar-refractivity contribution >= 4 is 11.6 Å². The first-order chi connectivity index (χ1) is 4.63. The Morgan fingerprint density at radius 3 is 1.90 bits per heavy atom. The summed E-state index contributed by atoms with van der Waals surface area (Å²) in [4.78, 5) is 0. The molecule has 0 amide bonds. The summed E-state index contributed by atoms with van der Waals surface area (Å²) >= 11 is 6.09. The van der Waals surface area contributed by atoms with Crippen molar-refractivity contribution in [1.82, 2.24) is 0 Å². The summed E-state index contributed by atoms with van der Waals surface area (Å²) in [6.07, 6.45) is 2.33. The fourth-order valence-corrected chi connectivity index (χ4v) is 1.35. The first kappa shape index (κ1) is 10.3. The van der Waals surface area contributed by atoms with E-state index in [1.54, 1.807) is 0 Å². The first-order valence-electron chi connectivity index (χ1n) is 4.27. The number of rotatable bonds is 4. The highest BCUT2D eigenvalue weighted by molar-refractivity contribution is 6.20. The molecule has 0 aliphatic rings.